The van der Waals surface area contributed by atoms with E-state index < -0.39 is 354 Å². The SMILES string of the molecule is Cc1cn([C@H]2C[C@H](OP(=O)(O)O)[C@@H](COP(=O)(O)O[C@H]3C[C@H](n4cc(C)c(=O)[nH]c4=O)O[C@@H]3COP(=O)(O)O[C@H]3C[C@H](n4cc(C)c(=O)[nH]c4=O)O[C@@H]3COP(=O)(O)O[C@H]3C[C@H](n4cc(C)c(=O)[nH]c4=O)O[C@@H]3COP(=O)(O)O[C@H]3C[C@H](n4cc(C)c(=O)[nH]c4=O)O[C@@H]3COP(=O)(O)O[C@H]3C[C@H](n4cc(C)c(=O)[nH]c4=O)O[C@@H]3COP(=O)(O)O[C@H]3C[C@H](n4cc(C)c(=O)[nH]c4=O)O[C@@H]3CO)O2)c(=O)[nH]c1=O. The van der Waals surface area contributed by atoms with Gasteiger partial charge in [0.15, 0.2) is 0 Å². The highest BCUT2D eigenvalue weighted by Gasteiger charge is 2.53. The number of rotatable bonds is 40. The van der Waals surface area contributed by atoms with E-state index in [1.54, 1.807) is 0 Å². The Labute approximate surface area is 783 Å². The summed E-state index contributed by atoms with van der Waals surface area (Å²) < 4.78 is 215. The minimum Gasteiger partial charge on any atom is -0.394 e. The van der Waals surface area contributed by atoms with Gasteiger partial charge in [0.1, 0.15) is 129 Å². The van der Waals surface area contributed by atoms with Gasteiger partial charge in [0.25, 0.3) is 38.9 Å². The maximum absolute atomic E-state index is 14.5. The molecule has 7 aromatic rings. The van der Waals surface area contributed by atoms with Crippen LogP contribution in [-0.4, -0.2) is 243 Å². The summed E-state index contributed by atoms with van der Waals surface area (Å²) in [5.74, 6) is 0. The van der Waals surface area contributed by atoms with Crippen LogP contribution in [0.1, 0.15) is 127 Å². The van der Waals surface area contributed by atoms with Crippen LogP contribution in [0.4, 0.5) is 0 Å². The lowest BCUT2D eigenvalue weighted by Crippen LogP contribution is -2.33. The van der Waals surface area contributed by atoms with Crippen molar-refractivity contribution in [3.63, 3.8) is 0 Å². The average molecular weight is 2150 g/mol. The summed E-state index contributed by atoms with van der Waals surface area (Å²) in [5.41, 5.74) is -14.0. The normalized spacial score (nSPS) is 29.6. The van der Waals surface area contributed by atoms with E-state index in [1.807, 2.05) is 29.9 Å². The minimum absolute atomic E-state index is 0.0155. The quantitative estimate of drug-likeness (QED) is 0.0166. The van der Waals surface area contributed by atoms with Crippen LogP contribution in [0.3, 0.4) is 0 Å². The van der Waals surface area contributed by atoms with E-state index in [2.05, 4.69) is 4.98 Å². The summed E-state index contributed by atoms with van der Waals surface area (Å²) >= 11 is 0. The van der Waals surface area contributed by atoms with E-state index in [0.29, 0.717) is 0 Å². The number of H-pyrrole nitrogens is 7. The van der Waals surface area contributed by atoms with Gasteiger partial charge in [-0.05, 0) is 48.5 Å². The fraction of sp³-hybridized carbons (Fsp3) is 0.600. The van der Waals surface area contributed by atoms with E-state index >= 15 is 0 Å². The van der Waals surface area contributed by atoms with Crippen LogP contribution in [0.15, 0.2) is 111 Å². The number of ether oxygens (including phenoxy) is 7. The molecule has 7 aromatic heterocycles. The Hall–Kier alpha value is -8.79. The summed E-state index contributed by atoms with van der Waals surface area (Å²) in [6.45, 7) is 0.861. The Kier molecular flexibility index (Phi) is 32.7. The molecule has 14 heterocycles. The molecule has 0 spiro atoms. The van der Waals surface area contributed by atoms with E-state index in [-0.39, 0.29) is 38.9 Å². The number of aryl methyl sites for hydroxylation is 7. The molecule has 14 rings (SSSR count). The molecule has 0 bridgehead atoms. The highest BCUT2D eigenvalue weighted by atomic mass is 31.2. The van der Waals surface area contributed by atoms with Gasteiger partial charge in [0.2, 0.25) is 0 Å². The van der Waals surface area contributed by atoms with E-state index in [0.717, 1.165) is 75.3 Å². The van der Waals surface area contributed by atoms with Crippen molar-refractivity contribution in [3.8, 4) is 0 Å². The number of hydrogen-bond acceptors (Lipinski definition) is 42. The third-order valence-corrected chi connectivity index (χ3v) is 29.6. The van der Waals surface area contributed by atoms with Crippen LogP contribution in [0, 0.1) is 48.5 Å². The molecule has 7 aliphatic rings. The Morgan fingerprint density at radius 2 is 0.383 bits per heavy atom. The number of aliphatic hydroxyl groups is 1. The molecule has 141 heavy (non-hydrogen) atoms. The van der Waals surface area contributed by atoms with Crippen LogP contribution in [-0.2, 0) is 124 Å². The Morgan fingerprint density at radius 3 is 0.525 bits per heavy atom. The fourth-order valence-electron chi connectivity index (χ4n) is 15.9. The van der Waals surface area contributed by atoms with E-state index in [1.165, 1.54) is 48.5 Å². The zero-order valence-electron chi connectivity index (χ0n) is 74.1. The number of hydrogen-bond donors (Lipinski definition) is 16. The smallest absolute Gasteiger partial charge is 0.394 e. The highest BCUT2D eigenvalue weighted by molar-refractivity contribution is 7.49. The van der Waals surface area contributed by atoms with Crippen LogP contribution in [0.25, 0.3) is 0 Å². The first-order chi connectivity index (χ1) is 65.8. The Bertz CT molecular complexity index is 7100. The van der Waals surface area contributed by atoms with Crippen LogP contribution in [0.2, 0.25) is 0 Å². The van der Waals surface area contributed by atoms with Gasteiger partial charge >= 0.3 is 94.6 Å². The summed E-state index contributed by atoms with van der Waals surface area (Å²) in [6, 6.07) is 0. The standard InChI is InChI=1S/C70H93N14O50P7/c1-29-15-78(64(93)71-57(29)86)50-8-36(43(22-85)121-50)129-136(103,104)116-24-45-38(10-52(123-45)80-17-31(3)59(88)73-66(80)95)131-138(107,108)118-26-47-40(12-54(125-47)82-19-33(5)61(90)75-68(82)97)133-140(111,112)120-28-49-42(14-56(127-49)84-21-35(7)63(92)77-70(84)99)134-141(113,114)119-27-48-41(13-55(126-48)83-20-34(6)62(91)76-69(83)98)132-139(109,110)117-25-46-39(11-53(124-46)81-18-32(4)60(89)74-67(81)96)130-137(105,106)115-23-44-37(128-135(100,101)102)9-51(122-44)79-16-30(2)58(87)72-65(79)94/h15-21,36-56,85H,8-14,22-28H2,1-7H3,(H,103,104)(H,105,106)(H,107,108)(H,109,110)(H,111,112)(H,113,114)(H,71,86,93)(H,72,87,94)(H,73,88,95)(H,74,89,96)(H,75,90,97)(H,76,91,98)(H,77,92,99)(H2,100,101,102)/t36-,37-,38-,39-,40-,41-,42-,43+,44+,45+,46+,47+,48+,49+,50+,51+,52+,53+,54+,55+,56+/m0/s1. The molecule has 0 amide bonds. The van der Waals surface area contributed by atoms with Gasteiger partial charge in [-0.2, -0.15) is 0 Å². The average Bonchev–Trinajstić information content (AvgIpc) is 1.66. The Balaban J connectivity index is 0.665. The van der Waals surface area contributed by atoms with Crippen molar-refractivity contribution in [2.75, 3.05) is 46.2 Å². The van der Waals surface area contributed by atoms with Gasteiger partial charge < -0.3 is 77.4 Å². The lowest BCUT2D eigenvalue weighted by atomic mass is 10.2. The summed E-state index contributed by atoms with van der Waals surface area (Å²) in [7, 11) is -39.5. The number of phosphoric ester groups is 7. The third-order valence-electron chi connectivity index (χ3n) is 22.9. The molecule has 16 N–H and O–H groups in total. The molecule has 71 heteroatoms. The van der Waals surface area contributed by atoms with Gasteiger partial charge in [-0.3, -0.25) is 159 Å². The lowest BCUT2D eigenvalue weighted by Gasteiger charge is -2.26. The molecule has 7 saturated heterocycles. The molecular weight excluding hydrogens is 2050 g/mol. The van der Waals surface area contributed by atoms with Crippen molar-refractivity contribution in [1.29, 1.82) is 0 Å². The number of nitrogens with zero attached hydrogens (tertiary/aromatic N) is 7. The molecule has 27 atom stereocenters. The highest BCUT2D eigenvalue weighted by Crippen LogP contribution is 2.58. The van der Waals surface area contributed by atoms with Crippen molar-refractivity contribution < 1.29 is 168 Å². The van der Waals surface area contributed by atoms with E-state index in [9.17, 15) is 143 Å². The second-order valence-electron chi connectivity index (χ2n) is 33.2. The van der Waals surface area contributed by atoms with Crippen LogP contribution >= 0.6 is 54.8 Å². The second-order valence-corrected chi connectivity index (χ2v) is 42.8. The molecule has 6 unspecified atom stereocenters. The lowest BCUT2D eigenvalue weighted by molar-refractivity contribution is -0.0661. The van der Waals surface area contributed by atoms with Crippen LogP contribution in [0.5, 0.6) is 0 Å². The molecule has 0 saturated carbocycles. The molecule has 0 aromatic carbocycles. The first-order valence-electron chi connectivity index (χ1n) is 42.0. The number of phosphoric acid groups is 7. The van der Waals surface area contributed by atoms with Crippen molar-refractivity contribution in [1.82, 2.24) is 66.9 Å². The second kappa shape index (κ2) is 42.7. The van der Waals surface area contributed by atoms with Crippen molar-refractivity contribution in [3.05, 3.63) is 228 Å². The molecule has 64 nitrogen and oxygen atoms in total. The molecule has 0 aliphatic carbocycles. The minimum atomic E-state index is -5.82. The molecule has 778 valence electrons. The summed E-state index contributed by atoms with van der Waals surface area (Å²) in [6.07, 6.45) is -33.6. The molecule has 7 aliphatic heterocycles. The van der Waals surface area contributed by atoms with Crippen molar-refractivity contribution in [2.24, 2.45) is 0 Å². The maximum Gasteiger partial charge on any atom is 0.472 e. The zero-order chi connectivity index (χ0) is 103. The largest absolute Gasteiger partial charge is 0.472 e. The summed E-state index contributed by atoms with van der Waals surface area (Å²) in [5, 5.41) is 10.2. The van der Waals surface area contributed by atoms with Crippen molar-refractivity contribution >= 4 is 54.8 Å². The summed E-state index contributed by atoms with van der Waals surface area (Å²) in [4.78, 5) is 282. The zero-order valence-corrected chi connectivity index (χ0v) is 80.4. The monoisotopic (exact) mass is 2150 g/mol. The van der Waals surface area contributed by atoms with Gasteiger partial charge in [-0.15, -0.1) is 0 Å². The Morgan fingerprint density at radius 1 is 0.248 bits per heavy atom. The topological polar surface area (TPSA) is 870 Å². The van der Waals surface area contributed by atoms with E-state index in [4.69, 9.17) is 92.0 Å². The predicted molar refractivity (Wildman–Crippen MR) is 460 cm³/mol. The van der Waals surface area contributed by atoms with Crippen LogP contribution < -0.4 is 78.7 Å². The molecular formula is C70H93N14O50P7. The van der Waals surface area contributed by atoms with Gasteiger partial charge in [0, 0.05) is 127 Å². The number of aromatic nitrogens is 14. The van der Waals surface area contributed by atoms with Gasteiger partial charge in [0.05, 0.1) is 46.2 Å². The van der Waals surface area contributed by atoms with Gasteiger partial charge in [-0.25, -0.2) is 65.5 Å². The number of nitrogens with one attached hydrogen (secondary N) is 7. The first-order valence-corrected chi connectivity index (χ1v) is 52.5. The fourth-order valence-corrected chi connectivity index (χ4v) is 22.3. The van der Waals surface area contributed by atoms with Crippen molar-refractivity contribution in [2.45, 2.75) is 222 Å². The number of aliphatic hydroxyl groups excluding tert-OH is 1. The molecule has 0 radical (unpaired) electrons. The first kappa shape index (κ1) is 108. The third kappa shape index (κ3) is 26.4. The maximum atomic E-state index is 14.5. The van der Waals surface area contributed by atoms with Gasteiger partial charge in [-0.1, -0.05) is 0 Å². The molecule has 7 fully saturated rings. The predicted octanol–water partition coefficient (Wildman–Crippen LogP) is -3.51. The number of aromatic amines is 7.